The molecule has 6 heteroatoms. The Kier molecular flexibility index (Phi) is 7.34. The van der Waals surface area contributed by atoms with Crippen LogP contribution in [0.25, 0.3) is 94.0 Å². The number of imidazole rings is 1. The van der Waals surface area contributed by atoms with Crippen molar-refractivity contribution >= 4 is 77.1 Å². The fourth-order valence-electron chi connectivity index (χ4n) is 12.3. The van der Waals surface area contributed by atoms with Crippen LogP contribution in [0.3, 0.4) is 0 Å². The molecule has 13 aromatic rings. The van der Waals surface area contributed by atoms with E-state index in [4.69, 9.17) is 14.2 Å². The van der Waals surface area contributed by atoms with Gasteiger partial charge in [-0.3, -0.25) is 0 Å². The van der Waals surface area contributed by atoms with Gasteiger partial charge in [0.15, 0.2) is 0 Å². The van der Waals surface area contributed by atoms with Crippen molar-refractivity contribution in [3.8, 4) is 45.3 Å². The summed E-state index contributed by atoms with van der Waals surface area (Å²) in [6, 6.07) is 83.3. The van der Waals surface area contributed by atoms with E-state index in [0.29, 0.717) is 6.01 Å². The number of rotatable bonds is 3. The third kappa shape index (κ3) is 4.74. The Morgan fingerprint density at radius 3 is 1.36 bits per heavy atom. The molecular formula is C63H39IN4O. The van der Waals surface area contributed by atoms with Crippen molar-refractivity contribution in [1.82, 2.24) is 18.7 Å². The first-order valence-corrected chi connectivity index (χ1v) is 28.2. The summed E-state index contributed by atoms with van der Waals surface area (Å²) >= 11 is -3.68. The van der Waals surface area contributed by atoms with Crippen LogP contribution in [0.1, 0.15) is 16.7 Å². The molecule has 0 saturated heterocycles. The number of fused-ring (bicyclic) bond motifs is 20. The van der Waals surface area contributed by atoms with Crippen LogP contribution in [0, 0.1) is 10.7 Å². The fourth-order valence-corrected chi connectivity index (χ4v) is 20.4. The molecule has 0 radical (unpaired) electrons. The molecule has 1 spiro atoms. The van der Waals surface area contributed by atoms with E-state index < -0.39 is 23.6 Å². The van der Waals surface area contributed by atoms with E-state index in [1.165, 1.54) is 76.6 Å². The van der Waals surface area contributed by atoms with Gasteiger partial charge in [0.25, 0.3) is 0 Å². The van der Waals surface area contributed by atoms with Crippen LogP contribution in [-0.2, 0) is 5.60 Å². The molecular weight excluding hydrogens is 956 g/mol. The Balaban J connectivity index is 0.985. The molecule has 10 aromatic carbocycles. The number of hydrogen-bond acceptors (Lipinski definition) is 2. The monoisotopic (exact) mass is 994 g/mol. The summed E-state index contributed by atoms with van der Waals surface area (Å²) in [5.74, 6) is 0. The first kappa shape index (κ1) is 37.7. The summed E-state index contributed by atoms with van der Waals surface area (Å²) in [7, 11) is 0. The van der Waals surface area contributed by atoms with Gasteiger partial charge in [0, 0.05) is 0 Å². The first-order chi connectivity index (χ1) is 34.1. The van der Waals surface area contributed by atoms with Crippen LogP contribution in [0.15, 0.2) is 224 Å². The number of ether oxygens (including phenoxy) is 1. The van der Waals surface area contributed by atoms with Crippen molar-refractivity contribution in [2.45, 2.75) is 5.60 Å². The van der Waals surface area contributed by atoms with Crippen LogP contribution in [0.4, 0.5) is 0 Å². The standard InChI is InChI=1S/C63H39IN4O/c1-64(39-30-35-60-52(36-39)63(69-62-65-55-24-10-15-29-61(55)68(60)62)50-22-8-2-16-42(50)43-17-3-9-23-51(43)63)53-33-31-40(66-56-25-11-4-18-44(56)45-19-5-12-26-57(45)66)37-48(53)49-38-41(32-34-54(49)64)67-58-27-13-6-20-46(58)47-21-7-14-28-59(47)67/h2-38H,1H2. The summed E-state index contributed by atoms with van der Waals surface area (Å²) in [5.41, 5.74) is 17.4. The van der Waals surface area contributed by atoms with Crippen LogP contribution in [-0.4, -0.2) is 23.2 Å². The van der Waals surface area contributed by atoms with Gasteiger partial charge in [-0.15, -0.1) is 0 Å². The van der Waals surface area contributed by atoms with Crippen LogP contribution >= 0.6 is 18.0 Å². The molecule has 0 saturated carbocycles. The molecule has 0 unspecified atom stereocenters. The van der Waals surface area contributed by atoms with Gasteiger partial charge in [0.05, 0.1) is 0 Å². The average molecular weight is 995 g/mol. The zero-order chi connectivity index (χ0) is 45.2. The summed E-state index contributed by atoms with van der Waals surface area (Å²) in [4.78, 5) is 5.16. The molecule has 69 heavy (non-hydrogen) atoms. The van der Waals surface area contributed by atoms with Gasteiger partial charge in [0.1, 0.15) is 0 Å². The van der Waals surface area contributed by atoms with Gasteiger partial charge >= 0.3 is 403 Å². The number of nitrogens with zero attached hydrogens (tertiary/aromatic N) is 4. The molecule has 0 fully saturated rings. The summed E-state index contributed by atoms with van der Waals surface area (Å²) in [5, 5.41) is 5.00. The Morgan fingerprint density at radius 1 is 0.391 bits per heavy atom. The van der Waals surface area contributed by atoms with E-state index in [0.717, 1.165) is 44.8 Å². The maximum absolute atomic E-state index is 7.53. The molecule has 0 bridgehead atoms. The third-order valence-corrected chi connectivity index (χ3v) is 23.8. The van der Waals surface area contributed by atoms with Gasteiger partial charge in [-0.1, -0.05) is 0 Å². The second kappa shape index (κ2) is 13.4. The molecule has 3 aliphatic rings. The number of hydrogen-bond donors (Lipinski definition) is 0. The molecule has 5 nitrogen and oxygen atoms in total. The quantitative estimate of drug-likeness (QED) is 0.165. The van der Waals surface area contributed by atoms with E-state index in [-0.39, 0.29) is 0 Å². The van der Waals surface area contributed by atoms with Crippen molar-refractivity contribution < 1.29 is 4.74 Å². The fraction of sp³-hybridized carbons (Fsp3) is 0.0159. The number of halogens is 1. The average Bonchev–Trinajstić information content (AvgIpc) is 4.18. The Labute approximate surface area is 400 Å². The maximum atomic E-state index is 7.53. The van der Waals surface area contributed by atoms with Gasteiger partial charge in [-0.05, 0) is 0 Å². The van der Waals surface area contributed by atoms with Crippen molar-refractivity contribution in [1.29, 1.82) is 0 Å². The summed E-state index contributed by atoms with van der Waals surface area (Å²) in [6.07, 6.45) is 0. The van der Waals surface area contributed by atoms with Gasteiger partial charge in [-0.2, -0.15) is 0 Å². The number of benzene rings is 10. The zero-order valence-corrected chi connectivity index (χ0v) is 39.3. The third-order valence-electron chi connectivity index (χ3n) is 15.2. The van der Waals surface area contributed by atoms with E-state index in [1.54, 1.807) is 0 Å². The molecule has 0 amide bonds. The number of para-hydroxylation sites is 6. The predicted octanol–water partition coefficient (Wildman–Crippen LogP) is 15.2. The Bertz CT molecular complexity index is 4150. The molecule has 3 aromatic heterocycles. The topological polar surface area (TPSA) is 36.9 Å². The van der Waals surface area contributed by atoms with Gasteiger partial charge in [-0.25, -0.2) is 0 Å². The van der Waals surface area contributed by atoms with Crippen molar-refractivity contribution in [3.05, 3.63) is 252 Å². The van der Waals surface area contributed by atoms with E-state index in [9.17, 15) is 0 Å². The second-order valence-corrected chi connectivity index (χ2v) is 26.0. The summed E-state index contributed by atoms with van der Waals surface area (Å²) in [6.45, 7) is 0. The molecule has 324 valence electrons. The van der Waals surface area contributed by atoms with Crippen molar-refractivity contribution in [2.75, 3.05) is 0 Å². The zero-order valence-electron chi connectivity index (χ0n) is 37.1. The van der Waals surface area contributed by atoms with Crippen molar-refractivity contribution in [3.63, 3.8) is 0 Å². The van der Waals surface area contributed by atoms with E-state index in [1.807, 2.05) is 0 Å². The second-order valence-electron chi connectivity index (χ2n) is 18.5. The molecule has 0 N–H and O–H groups in total. The van der Waals surface area contributed by atoms with E-state index >= 15 is 0 Å². The van der Waals surface area contributed by atoms with Crippen molar-refractivity contribution in [2.24, 2.45) is 0 Å². The SMILES string of the molecule is C=I1(c2ccc3c(c2)C2(Oc4nc5ccccc5n4-3)c3ccccc3-c3ccccc32)c2ccc(-n3c4ccccc4c4ccccc43)cc2-c2cc(-n3c4ccccc4c4ccccc43)ccc21. The molecule has 2 aliphatic heterocycles. The minimum atomic E-state index is -3.68. The first-order valence-electron chi connectivity index (χ1n) is 23.5. The van der Waals surface area contributed by atoms with E-state index in [2.05, 4.69) is 238 Å². The Morgan fingerprint density at radius 2 is 0.841 bits per heavy atom. The van der Waals surface area contributed by atoms with Crippen LogP contribution < -0.4 is 4.74 Å². The predicted molar refractivity (Wildman–Crippen MR) is 291 cm³/mol. The molecule has 16 rings (SSSR count). The van der Waals surface area contributed by atoms with Gasteiger partial charge in [0.2, 0.25) is 0 Å². The molecule has 0 atom stereocenters. The molecule has 1 aliphatic carbocycles. The Hall–Kier alpha value is -8.33. The van der Waals surface area contributed by atoms with Crippen LogP contribution in [0.2, 0.25) is 0 Å². The molecule has 5 heterocycles. The number of aromatic nitrogens is 4. The normalized spacial score (nSPS) is 15.0. The van der Waals surface area contributed by atoms with Gasteiger partial charge < -0.3 is 0 Å². The summed E-state index contributed by atoms with van der Waals surface area (Å²) < 4.78 is 24.1. The minimum absolute atomic E-state index is 0.597. The van der Waals surface area contributed by atoms with Crippen LogP contribution in [0.5, 0.6) is 6.01 Å².